The van der Waals surface area contributed by atoms with Crippen molar-refractivity contribution in [1.29, 1.82) is 0 Å². The summed E-state index contributed by atoms with van der Waals surface area (Å²) in [6.45, 7) is 1.00. The fourth-order valence-electron chi connectivity index (χ4n) is 7.87. The summed E-state index contributed by atoms with van der Waals surface area (Å²) < 4.78 is 31.6. The van der Waals surface area contributed by atoms with Gasteiger partial charge in [0, 0.05) is 32.1 Å². The third-order valence-corrected chi connectivity index (χ3v) is 11.2. The van der Waals surface area contributed by atoms with E-state index in [1.54, 1.807) is 60.7 Å². The SMILES string of the molecule is COC(=O)C(=O)[C@H](CC(F)F)NC(=O)[C@H](CC1CCCCC1)NC(=O)[C@H](CCC(=O)O)NC(=O)[C@@H](NC(=O)[C@H](CCC(=O)O)NC(=O)[C@H](CC(=O)O)NC(C)=O)C(c1ccccc1)c1ccccc1. The monoisotopic (exact) mass is 972 g/mol. The summed E-state index contributed by atoms with van der Waals surface area (Å²) in [5, 5.41) is 42.6. The van der Waals surface area contributed by atoms with Gasteiger partial charge in [-0.1, -0.05) is 92.8 Å². The first kappa shape index (κ1) is 56.0. The second-order valence-corrected chi connectivity index (χ2v) is 16.5. The first-order valence-electron chi connectivity index (χ1n) is 22.1. The standard InChI is InChI=1S/C46H58F2N6O15/c1-25(55)49-33(24-37(60)61)44(66)50-30(19-21-36(58)59)42(64)54-39(38(27-14-8-4-9-15-27)28-16-10-5-11-17-28)45(67)51-29(18-20-35(56)57)41(63)53-32(22-26-12-6-3-7-13-26)43(65)52-31(23-34(47)48)40(62)46(68)69-2/h4-5,8-11,14-17,26,29-34,38-39H,3,6-7,12-13,18-24H2,1-2H3,(H,49,55)(H,50,66)(H,51,67)(H,52,65)(H,53,63)(H,54,64)(H,56,57)(H,58,59)(H,60,61)/t29-,30-,31-,32-,33-,39-/m0/s1. The Hall–Kier alpha value is -7.33. The van der Waals surface area contributed by atoms with E-state index < -0.39 is 152 Å². The highest BCUT2D eigenvalue weighted by atomic mass is 19.3. The van der Waals surface area contributed by atoms with Crippen LogP contribution in [0.25, 0.3) is 0 Å². The molecule has 23 heteroatoms. The van der Waals surface area contributed by atoms with E-state index in [1.165, 1.54) is 0 Å². The number of aliphatic carboxylic acids is 3. The van der Waals surface area contributed by atoms with Crippen LogP contribution in [0.5, 0.6) is 0 Å². The molecule has 0 saturated heterocycles. The highest BCUT2D eigenvalue weighted by Gasteiger charge is 2.39. The Bertz CT molecular complexity index is 2090. The number of carbonyl (C=O) groups is 11. The Morgan fingerprint density at radius 2 is 1.03 bits per heavy atom. The van der Waals surface area contributed by atoms with Crippen LogP contribution >= 0.6 is 0 Å². The highest BCUT2D eigenvalue weighted by Crippen LogP contribution is 2.30. The average Bonchev–Trinajstić information content (AvgIpc) is 3.30. The van der Waals surface area contributed by atoms with Crippen molar-refractivity contribution in [3.8, 4) is 0 Å². The molecular formula is C46H58F2N6O15. The van der Waals surface area contributed by atoms with Crippen LogP contribution in [0.4, 0.5) is 8.78 Å². The van der Waals surface area contributed by atoms with Crippen molar-refractivity contribution in [2.45, 2.75) is 133 Å². The number of hydrogen-bond donors (Lipinski definition) is 9. The van der Waals surface area contributed by atoms with Gasteiger partial charge in [-0.2, -0.15) is 0 Å². The molecule has 0 unspecified atom stereocenters. The van der Waals surface area contributed by atoms with Crippen molar-refractivity contribution in [3.05, 3.63) is 71.8 Å². The van der Waals surface area contributed by atoms with E-state index in [-0.39, 0.29) is 12.3 Å². The van der Waals surface area contributed by atoms with Crippen molar-refractivity contribution < 1.29 is 81.6 Å². The van der Waals surface area contributed by atoms with Gasteiger partial charge in [-0.25, -0.2) is 13.6 Å². The van der Waals surface area contributed by atoms with Gasteiger partial charge in [0.1, 0.15) is 36.3 Å². The maximum absolute atomic E-state index is 14.9. The van der Waals surface area contributed by atoms with E-state index >= 15 is 0 Å². The lowest BCUT2D eigenvalue weighted by molar-refractivity contribution is -0.153. The minimum absolute atomic E-state index is 0.0908. The smallest absolute Gasteiger partial charge is 0.376 e. The van der Waals surface area contributed by atoms with Gasteiger partial charge in [0.05, 0.1) is 13.5 Å². The number of alkyl halides is 2. The number of methoxy groups -OCH3 is 1. The van der Waals surface area contributed by atoms with Gasteiger partial charge in [0.25, 0.3) is 5.78 Å². The van der Waals surface area contributed by atoms with Gasteiger partial charge in [-0.15, -0.1) is 0 Å². The Morgan fingerprint density at radius 1 is 0.580 bits per heavy atom. The van der Waals surface area contributed by atoms with Gasteiger partial charge in [-0.3, -0.25) is 47.9 Å². The Kier molecular flexibility index (Phi) is 22.8. The predicted octanol–water partition coefficient (Wildman–Crippen LogP) is 1.32. The zero-order valence-corrected chi connectivity index (χ0v) is 38.0. The largest absolute Gasteiger partial charge is 0.481 e. The van der Waals surface area contributed by atoms with Crippen molar-refractivity contribution in [2.75, 3.05) is 7.11 Å². The maximum atomic E-state index is 14.9. The quantitative estimate of drug-likeness (QED) is 0.0429. The van der Waals surface area contributed by atoms with Crippen LogP contribution in [0.3, 0.4) is 0 Å². The van der Waals surface area contributed by atoms with Crippen molar-refractivity contribution in [2.24, 2.45) is 5.92 Å². The number of esters is 1. The number of halogens is 2. The number of ketones is 1. The number of rotatable bonds is 28. The summed E-state index contributed by atoms with van der Waals surface area (Å²) in [5.74, 6) is -15.2. The molecule has 1 fully saturated rings. The molecule has 0 spiro atoms. The van der Waals surface area contributed by atoms with Crippen LogP contribution < -0.4 is 31.9 Å². The van der Waals surface area contributed by atoms with E-state index in [1.807, 2.05) is 0 Å². The van der Waals surface area contributed by atoms with E-state index in [0.717, 1.165) is 33.3 Å². The molecule has 1 aliphatic rings. The Balaban J connectivity index is 2.13. The van der Waals surface area contributed by atoms with Gasteiger partial charge < -0.3 is 52.0 Å². The number of carboxylic acid groups (broad SMARTS) is 3. The fourth-order valence-corrected chi connectivity index (χ4v) is 7.87. The van der Waals surface area contributed by atoms with Crippen LogP contribution in [-0.2, 0) is 57.5 Å². The van der Waals surface area contributed by atoms with Crippen LogP contribution in [-0.4, -0.2) is 130 Å². The van der Waals surface area contributed by atoms with E-state index in [0.29, 0.717) is 24.0 Å². The van der Waals surface area contributed by atoms with Crippen LogP contribution in [0.1, 0.15) is 101 Å². The van der Waals surface area contributed by atoms with Crippen molar-refractivity contribution in [1.82, 2.24) is 31.9 Å². The molecule has 0 radical (unpaired) electrons. The van der Waals surface area contributed by atoms with Crippen LogP contribution in [0.2, 0.25) is 0 Å². The first-order valence-corrected chi connectivity index (χ1v) is 22.1. The van der Waals surface area contributed by atoms with Crippen LogP contribution in [0, 0.1) is 5.92 Å². The summed E-state index contributed by atoms with van der Waals surface area (Å²) in [6.07, 6.45) is -4.57. The van der Waals surface area contributed by atoms with Gasteiger partial charge in [0.2, 0.25) is 41.9 Å². The fraction of sp³-hybridized carbons (Fsp3) is 0.500. The molecule has 2 aromatic rings. The number of carboxylic acids is 3. The first-order chi connectivity index (χ1) is 32.7. The molecular weight excluding hydrogens is 915 g/mol. The molecule has 376 valence electrons. The summed E-state index contributed by atoms with van der Waals surface area (Å²) in [7, 11) is 0.836. The van der Waals surface area contributed by atoms with E-state index in [2.05, 4.69) is 36.6 Å². The molecule has 9 N–H and O–H groups in total. The number of ether oxygens (including phenoxy) is 1. The second kappa shape index (κ2) is 28.1. The third kappa shape index (κ3) is 19.1. The molecule has 6 atom stereocenters. The molecule has 6 amide bonds. The third-order valence-electron chi connectivity index (χ3n) is 11.2. The lowest BCUT2D eigenvalue weighted by atomic mass is 9.84. The zero-order valence-electron chi connectivity index (χ0n) is 38.0. The van der Waals surface area contributed by atoms with E-state index in [9.17, 15) is 76.8 Å². The number of hydrogen-bond acceptors (Lipinski definition) is 12. The molecule has 0 heterocycles. The molecule has 21 nitrogen and oxygen atoms in total. The number of benzene rings is 2. The van der Waals surface area contributed by atoms with Gasteiger partial charge in [-0.05, 0) is 36.3 Å². The summed E-state index contributed by atoms with van der Waals surface area (Å²) >= 11 is 0. The van der Waals surface area contributed by atoms with E-state index in [4.69, 9.17) is 0 Å². The molecule has 1 aliphatic carbocycles. The second-order valence-electron chi connectivity index (χ2n) is 16.5. The minimum atomic E-state index is -3.17. The summed E-state index contributed by atoms with van der Waals surface area (Å²) in [4.78, 5) is 143. The summed E-state index contributed by atoms with van der Waals surface area (Å²) in [5.41, 5.74) is 0.802. The summed E-state index contributed by atoms with van der Waals surface area (Å²) in [6, 6.07) is 5.49. The minimum Gasteiger partial charge on any atom is -0.481 e. The van der Waals surface area contributed by atoms with Gasteiger partial charge in [0.15, 0.2) is 0 Å². The number of Topliss-reactive ketones (excluding diaryl/α,β-unsaturated/α-hetero) is 1. The molecule has 0 aromatic heterocycles. The Morgan fingerprint density at radius 3 is 1.49 bits per heavy atom. The molecule has 3 rings (SSSR count). The average molecular weight is 973 g/mol. The molecule has 2 aromatic carbocycles. The zero-order chi connectivity index (χ0) is 51.2. The molecule has 0 aliphatic heterocycles. The lowest BCUT2D eigenvalue weighted by Gasteiger charge is -2.32. The topological polar surface area (TPSA) is 330 Å². The van der Waals surface area contributed by atoms with Gasteiger partial charge >= 0.3 is 23.9 Å². The predicted molar refractivity (Wildman–Crippen MR) is 237 cm³/mol. The van der Waals surface area contributed by atoms with Crippen LogP contribution in [0.15, 0.2) is 60.7 Å². The number of amides is 6. The number of nitrogens with one attached hydrogen (secondary N) is 6. The normalized spacial score (nSPS) is 15.2. The molecule has 0 bridgehead atoms. The molecule has 1 saturated carbocycles. The lowest BCUT2D eigenvalue weighted by Crippen LogP contribution is -2.61. The van der Waals surface area contributed by atoms with Crippen molar-refractivity contribution in [3.63, 3.8) is 0 Å². The van der Waals surface area contributed by atoms with Crippen molar-refractivity contribution >= 4 is 65.1 Å². The Labute approximate surface area is 395 Å². The molecule has 69 heavy (non-hydrogen) atoms. The maximum Gasteiger partial charge on any atom is 0.376 e. The number of carbonyl (C=O) groups excluding carboxylic acids is 8. The highest BCUT2D eigenvalue weighted by molar-refractivity contribution is 6.36.